The van der Waals surface area contributed by atoms with Crippen LogP contribution in [0.5, 0.6) is 0 Å². The Kier molecular flexibility index (Phi) is 5.64. The molecule has 1 aliphatic heterocycles. The van der Waals surface area contributed by atoms with Gasteiger partial charge in [0.15, 0.2) is 0 Å². The smallest absolute Gasteiger partial charge is 0.0972 e. The van der Waals surface area contributed by atoms with Crippen LogP contribution in [0.1, 0.15) is 19.8 Å². The molecular formula is C11H24N2O3. The lowest BCUT2D eigenvalue weighted by Gasteiger charge is -2.23. The summed E-state index contributed by atoms with van der Waals surface area (Å²) in [5.74, 6) is 0. The number of nitrogens with zero attached hydrogens (tertiary/aromatic N) is 1. The Labute approximate surface area is 97.1 Å². The fraction of sp³-hybridized carbons (Fsp3) is 1.00. The molecule has 0 saturated carbocycles. The first kappa shape index (κ1) is 13.9. The van der Waals surface area contributed by atoms with Gasteiger partial charge in [-0.15, -0.1) is 0 Å². The third kappa shape index (κ3) is 5.23. The van der Waals surface area contributed by atoms with Gasteiger partial charge in [0.05, 0.1) is 18.3 Å². The second kappa shape index (κ2) is 6.51. The standard InChI is InChI=1S/C11H24N2O3/c1-11(16,9-14)8-12-6-10(15)7-13-4-2-3-5-13/h10,12,14-16H,2-9H2,1H3. The van der Waals surface area contributed by atoms with Crippen molar-refractivity contribution in [2.45, 2.75) is 31.5 Å². The minimum atomic E-state index is -1.10. The summed E-state index contributed by atoms with van der Waals surface area (Å²) in [6, 6.07) is 0. The van der Waals surface area contributed by atoms with Gasteiger partial charge in [-0.2, -0.15) is 0 Å². The number of β-amino-alcohol motifs (C(OH)–C–C–N with tert-alkyl or cyclic N) is 1. The highest BCUT2D eigenvalue weighted by molar-refractivity contribution is 4.76. The molecule has 0 bridgehead atoms. The number of aliphatic hydroxyl groups is 3. The van der Waals surface area contributed by atoms with E-state index in [1.54, 1.807) is 6.92 Å². The van der Waals surface area contributed by atoms with Gasteiger partial charge in [0.25, 0.3) is 0 Å². The summed E-state index contributed by atoms with van der Waals surface area (Å²) >= 11 is 0. The molecule has 0 radical (unpaired) electrons. The van der Waals surface area contributed by atoms with E-state index in [4.69, 9.17) is 5.11 Å². The van der Waals surface area contributed by atoms with Crippen LogP contribution in [0, 0.1) is 0 Å². The van der Waals surface area contributed by atoms with Crippen LogP contribution in [-0.4, -0.2) is 71.3 Å². The lowest BCUT2D eigenvalue weighted by atomic mass is 10.1. The maximum absolute atomic E-state index is 9.73. The summed E-state index contributed by atoms with van der Waals surface area (Å²) in [6.45, 7) is 4.87. The van der Waals surface area contributed by atoms with Crippen LogP contribution >= 0.6 is 0 Å². The topological polar surface area (TPSA) is 76.0 Å². The molecule has 1 saturated heterocycles. The lowest BCUT2D eigenvalue weighted by molar-refractivity contribution is 0.000150. The molecule has 1 rings (SSSR count). The molecule has 1 fully saturated rings. The van der Waals surface area contributed by atoms with Crippen molar-refractivity contribution in [1.29, 1.82) is 0 Å². The van der Waals surface area contributed by atoms with Gasteiger partial charge in [-0.3, -0.25) is 0 Å². The average molecular weight is 232 g/mol. The zero-order valence-electron chi connectivity index (χ0n) is 10.0. The summed E-state index contributed by atoms with van der Waals surface area (Å²) in [4.78, 5) is 2.25. The molecule has 0 aromatic carbocycles. The SMILES string of the molecule is CC(O)(CO)CNCC(O)CN1CCCC1. The van der Waals surface area contributed by atoms with Crippen molar-refractivity contribution >= 4 is 0 Å². The molecule has 0 spiro atoms. The molecule has 0 aliphatic carbocycles. The number of hydrogen-bond donors (Lipinski definition) is 4. The van der Waals surface area contributed by atoms with Crippen LogP contribution in [0.15, 0.2) is 0 Å². The van der Waals surface area contributed by atoms with Crippen LogP contribution < -0.4 is 5.32 Å². The van der Waals surface area contributed by atoms with Crippen molar-refractivity contribution in [2.24, 2.45) is 0 Å². The number of aliphatic hydroxyl groups excluding tert-OH is 2. The van der Waals surface area contributed by atoms with Gasteiger partial charge in [-0.05, 0) is 32.9 Å². The zero-order valence-corrected chi connectivity index (χ0v) is 10.0. The molecule has 0 amide bonds. The summed E-state index contributed by atoms with van der Waals surface area (Å²) in [7, 11) is 0. The Bertz CT molecular complexity index is 194. The largest absolute Gasteiger partial charge is 0.393 e. The van der Waals surface area contributed by atoms with Crippen molar-refractivity contribution in [2.75, 3.05) is 39.3 Å². The first-order valence-corrected chi connectivity index (χ1v) is 5.98. The van der Waals surface area contributed by atoms with Crippen LogP contribution in [0.2, 0.25) is 0 Å². The Morgan fingerprint density at radius 3 is 2.56 bits per heavy atom. The molecule has 96 valence electrons. The van der Waals surface area contributed by atoms with E-state index < -0.39 is 11.7 Å². The summed E-state index contributed by atoms with van der Waals surface area (Å²) in [5, 5.41) is 31.0. The Morgan fingerprint density at radius 1 is 1.38 bits per heavy atom. The molecule has 4 N–H and O–H groups in total. The van der Waals surface area contributed by atoms with E-state index in [2.05, 4.69) is 10.2 Å². The quantitative estimate of drug-likeness (QED) is 0.442. The first-order chi connectivity index (χ1) is 7.53. The molecule has 2 atom stereocenters. The molecule has 5 heteroatoms. The highest BCUT2D eigenvalue weighted by atomic mass is 16.3. The van der Waals surface area contributed by atoms with Crippen LogP contribution in [0.25, 0.3) is 0 Å². The van der Waals surface area contributed by atoms with Crippen LogP contribution in [0.3, 0.4) is 0 Å². The van der Waals surface area contributed by atoms with Crippen LogP contribution in [0.4, 0.5) is 0 Å². The van der Waals surface area contributed by atoms with E-state index in [0.29, 0.717) is 19.6 Å². The van der Waals surface area contributed by atoms with Gasteiger partial charge in [0, 0.05) is 19.6 Å². The number of likely N-dealkylation sites (tertiary alicyclic amines) is 1. The van der Waals surface area contributed by atoms with Crippen molar-refractivity contribution in [3.63, 3.8) is 0 Å². The Morgan fingerprint density at radius 2 is 2.00 bits per heavy atom. The predicted octanol–water partition coefficient (Wildman–Crippen LogP) is -1.22. The van der Waals surface area contributed by atoms with Crippen molar-refractivity contribution < 1.29 is 15.3 Å². The summed E-state index contributed by atoms with van der Waals surface area (Å²) in [6.07, 6.45) is 2.03. The summed E-state index contributed by atoms with van der Waals surface area (Å²) < 4.78 is 0. The minimum Gasteiger partial charge on any atom is -0.393 e. The van der Waals surface area contributed by atoms with E-state index in [-0.39, 0.29) is 6.61 Å². The third-order valence-corrected chi connectivity index (χ3v) is 2.89. The van der Waals surface area contributed by atoms with Gasteiger partial charge in [0.2, 0.25) is 0 Å². The molecule has 16 heavy (non-hydrogen) atoms. The van der Waals surface area contributed by atoms with Gasteiger partial charge >= 0.3 is 0 Å². The van der Waals surface area contributed by atoms with Gasteiger partial charge in [0.1, 0.15) is 0 Å². The summed E-state index contributed by atoms with van der Waals surface area (Å²) in [5.41, 5.74) is -1.10. The predicted molar refractivity (Wildman–Crippen MR) is 62.3 cm³/mol. The number of hydrogen-bond acceptors (Lipinski definition) is 5. The molecule has 0 aromatic heterocycles. The number of rotatable bonds is 7. The maximum atomic E-state index is 9.73. The van der Waals surface area contributed by atoms with Gasteiger partial charge in [-0.25, -0.2) is 0 Å². The molecule has 0 aromatic rings. The fourth-order valence-corrected chi connectivity index (χ4v) is 1.89. The van der Waals surface area contributed by atoms with E-state index >= 15 is 0 Å². The van der Waals surface area contributed by atoms with E-state index in [1.165, 1.54) is 12.8 Å². The van der Waals surface area contributed by atoms with E-state index in [9.17, 15) is 10.2 Å². The second-order valence-electron chi connectivity index (χ2n) is 4.95. The number of nitrogens with one attached hydrogen (secondary N) is 1. The van der Waals surface area contributed by atoms with Crippen molar-refractivity contribution in [1.82, 2.24) is 10.2 Å². The molecule has 1 aliphatic rings. The fourth-order valence-electron chi connectivity index (χ4n) is 1.89. The van der Waals surface area contributed by atoms with Crippen molar-refractivity contribution in [3.05, 3.63) is 0 Å². The second-order valence-corrected chi connectivity index (χ2v) is 4.95. The Balaban J connectivity index is 2.07. The zero-order chi connectivity index (χ0) is 12.0. The Hall–Kier alpha value is -0.200. The minimum absolute atomic E-state index is 0.276. The highest BCUT2D eigenvalue weighted by Gasteiger charge is 2.20. The normalized spacial score (nSPS) is 23.2. The van der Waals surface area contributed by atoms with E-state index in [0.717, 1.165) is 13.1 Å². The highest BCUT2D eigenvalue weighted by Crippen LogP contribution is 2.07. The average Bonchev–Trinajstić information content (AvgIpc) is 2.70. The maximum Gasteiger partial charge on any atom is 0.0972 e. The van der Waals surface area contributed by atoms with Gasteiger partial charge in [-0.1, -0.05) is 0 Å². The van der Waals surface area contributed by atoms with Crippen LogP contribution in [-0.2, 0) is 0 Å². The lowest BCUT2D eigenvalue weighted by Crippen LogP contribution is -2.45. The molecule has 2 unspecified atom stereocenters. The van der Waals surface area contributed by atoms with Gasteiger partial charge < -0.3 is 25.5 Å². The molecule has 5 nitrogen and oxygen atoms in total. The first-order valence-electron chi connectivity index (χ1n) is 5.98. The van der Waals surface area contributed by atoms with E-state index in [1.807, 2.05) is 0 Å². The molecular weight excluding hydrogens is 208 g/mol. The van der Waals surface area contributed by atoms with Crippen molar-refractivity contribution in [3.8, 4) is 0 Å². The monoisotopic (exact) mass is 232 g/mol. The molecule has 1 heterocycles. The third-order valence-electron chi connectivity index (χ3n) is 2.89.